The van der Waals surface area contributed by atoms with E-state index in [1.165, 1.54) is 39.1 Å². The van der Waals surface area contributed by atoms with Crippen molar-refractivity contribution in [2.45, 2.75) is 46.1 Å². The summed E-state index contributed by atoms with van der Waals surface area (Å²) >= 11 is 0. The van der Waals surface area contributed by atoms with Crippen molar-refractivity contribution in [3.8, 4) is 5.75 Å². The van der Waals surface area contributed by atoms with Gasteiger partial charge in [-0.05, 0) is 53.6 Å². The third-order valence-corrected chi connectivity index (χ3v) is 5.85. The summed E-state index contributed by atoms with van der Waals surface area (Å²) in [4.78, 5) is 0. The van der Waals surface area contributed by atoms with Gasteiger partial charge in [0, 0.05) is 23.7 Å². The molecule has 0 bridgehead atoms. The van der Waals surface area contributed by atoms with Crippen molar-refractivity contribution in [3.63, 3.8) is 0 Å². The Morgan fingerprint density at radius 1 is 1.00 bits per heavy atom. The van der Waals surface area contributed by atoms with Gasteiger partial charge in [-0.1, -0.05) is 68.4 Å². The number of rotatable bonds is 5. The molecule has 1 heterocycles. The van der Waals surface area contributed by atoms with Gasteiger partial charge in [0.25, 0.3) is 0 Å². The molecule has 0 amide bonds. The van der Waals surface area contributed by atoms with Crippen molar-refractivity contribution in [1.82, 2.24) is 0 Å². The minimum absolute atomic E-state index is 0.299. The highest BCUT2D eigenvalue weighted by molar-refractivity contribution is 5.65. The maximum absolute atomic E-state index is 6.14. The molecule has 4 rings (SSSR count). The predicted octanol–water partition coefficient (Wildman–Crippen LogP) is 6.56. The Kier molecular flexibility index (Phi) is 5.13. The van der Waals surface area contributed by atoms with Crippen LogP contribution in [0.1, 0.15) is 59.1 Å². The summed E-state index contributed by atoms with van der Waals surface area (Å²) in [6.45, 7) is 10.4. The van der Waals surface area contributed by atoms with Crippen LogP contribution in [0.25, 0.3) is 0 Å². The van der Waals surface area contributed by atoms with Crippen LogP contribution in [0.4, 0.5) is 5.69 Å². The van der Waals surface area contributed by atoms with E-state index in [-0.39, 0.29) is 0 Å². The molecular weight excluding hydrogens is 342 g/mol. The lowest BCUT2D eigenvalue weighted by Gasteiger charge is -2.18. The fourth-order valence-corrected chi connectivity index (χ4v) is 4.13. The summed E-state index contributed by atoms with van der Waals surface area (Å²) in [6, 6.07) is 21.8. The van der Waals surface area contributed by atoms with E-state index < -0.39 is 0 Å². The molecule has 2 heteroatoms. The van der Waals surface area contributed by atoms with E-state index >= 15 is 0 Å². The lowest BCUT2D eigenvalue weighted by molar-refractivity contribution is 0.341. The minimum atomic E-state index is 0.299. The SMILES string of the molecule is Cc1cc(NCc2ccccc2)c(C)c2c1OCC2c1ccc(C(C)C)cc1. The maximum Gasteiger partial charge on any atom is 0.126 e. The molecule has 1 atom stereocenters. The summed E-state index contributed by atoms with van der Waals surface area (Å²) < 4.78 is 6.14. The van der Waals surface area contributed by atoms with E-state index in [4.69, 9.17) is 4.74 Å². The number of ether oxygens (including phenoxy) is 1. The molecule has 28 heavy (non-hydrogen) atoms. The number of aryl methyl sites for hydroxylation is 1. The minimum Gasteiger partial charge on any atom is -0.492 e. The maximum atomic E-state index is 6.14. The lowest BCUT2D eigenvalue weighted by Crippen LogP contribution is -2.06. The molecule has 0 saturated heterocycles. The zero-order valence-corrected chi connectivity index (χ0v) is 17.3. The summed E-state index contributed by atoms with van der Waals surface area (Å²) in [5.74, 6) is 1.92. The second-order valence-electron chi connectivity index (χ2n) is 8.13. The molecule has 1 N–H and O–H groups in total. The summed E-state index contributed by atoms with van der Waals surface area (Å²) in [7, 11) is 0. The van der Waals surface area contributed by atoms with Gasteiger partial charge in [0.1, 0.15) is 5.75 Å². The van der Waals surface area contributed by atoms with Crippen LogP contribution >= 0.6 is 0 Å². The number of fused-ring (bicyclic) bond motifs is 1. The van der Waals surface area contributed by atoms with Crippen LogP contribution < -0.4 is 10.1 Å². The normalized spacial score (nSPS) is 15.4. The van der Waals surface area contributed by atoms with Crippen molar-refractivity contribution in [2.75, 3.05) is 11.9 Å². The summed E-state index contributed by atoms with van der Waals surface area (Å²) in [6.07, 6.45) is 0. The van der Waals surface area contributed by atoms with E-state index in [1.54, 1.807) is 0 Å². The Balaban J connectivity index is 1.65. The standard InChI is InChI=1S/C26H29NO/c1-17(2)21-10-12-22(13-11-21)23-16-28-26-18(3)14-24(19(4)25(23)26)27-15-20-8-6-5-7-9-20/h5-14,17,23,27H,15-16H2,1-4H3. The molecule has 0 radical (unpaired) electrons. The topological polar surface area (TPSA) is 21.3 Å². The Bertz CT molecular complexity index is 958. The van der Waals surface area contributed by atoms with Crippen LogP contribution in [0, 0.1) is 13.8 Å². The third-order valence-electron chi connectivity index (χ3n) is 5.85. The molecule has 0 saturated carbocycles. The molecular formula is C26H29NO. The van der Waals surface area contributed by atoms with Crippen molar-refractivity contribution < 1.29 is 4.74 Å². The highest BCUT2D eigenvalue weighted by atomic mass is 16.5. The molecule has 0 aliphatic carbocycles. The Morgan fingerprint density at radius 2 is 1.71 bits per heavy atom. The second-order valence-corrected chi connectivity index (χ2v) is 8.13. The lowest BCUT2D eigenvalue weighted by atomic mass is 9.87. The quantitative estimate of drug-likeness (QED) is 0.548. The molecule has 144 valence electrons. The molecule has 1 aliphatic rings. The first kappa shape index (κ1) is 18.6. The molecule has 1 unspecified atom stereocenters. The zero-order chi connectivity index (χ0) is 19.7. The highest BCUT2D eigenvalue weighted by Crippen LogP contribution is 2.45. The van der Waals surface area contributed by atoms with E-state index in [0.717, 1.165) is 18.9 Å². The van der Waals surface area contributed by atoms with Gasteiger partial charge >= 0.3 is 0 Å². The number of hydrogen-bond acceptors (Lipinski definition) is 2. The second kappa shape index (κ2) is 7.71. The number of benzene rings is 3. The van der Waals surface area contributed by atoms with Crippen molar-refractivity contribution in [2.24, 2.45) is 0 Å². The predicted molar refractivity (Wildman–Crippen MR) is 118 cm³/mol. The largest absolute Gasteiger partial charge is 0.492 e. The highest BCUT2D eigenvalue weighted by Gasteiger charge is 2.30. The Labute approximate surface area is 168 Å². The fourth-order valence-electron chi connectivity index (χ4n) is 4.13. The van der Waals surface area contributed by atoms with Gasteiger partial charge in [-0.2, -0.15) is 0 Å². The number of anilines is 1. The van der Waals surface area contributed by atoms with Gasteiger partial charge in [0.2, 0.25) is 0 Å². The average Bonchev–Trinajstić information content (AvgIpc) is 3.16. The molecule has 3 aromatic rings. The van der Waals surface area contributed by atoms with Gasteiger partial charge in [0.05, 0.1) is 6.61 Å². The Hall–Kier alpha value is -2.74. The van der Waals surface area contributed by atoms with Gasteiger partial charge in [-0.25, -0.2) is 0 Å². The monoisotopic (exact) mass is 371 g/mol. The summed E-state index contributed by atoms with van der Waals surface area (Å²) in [5, 5.41) is 3.64. The number of nitrogens with one attached hydrogen (secondary N) is 1. The third kappa shape index (κ3) is 3.52. The first-order valence-electron chi connectivity index (χ1n) is 10.2. The van der Waals surface area contributed by atoms with Gasteiger partial charge in [-0.15, -0.1) is 0 Å². The molecule has 2 nitrogen and oxygen atoms in total. The first-order valence-corrected chi connectivity index (χ1v) is 10.2. The molecule has 0 aromatic heterocycles. The van der Waals surface area contributed by atoms with Crippen LogP contribution in [-0.4, -0.2) is 6.61 Å². The molecule has 0 fully saturated rings. The Morgan fingerprint density at radius 3 is 2.39 bits per heavy atom. The smallest absolute Gasteiger partial charge is 0.126 e. The summed E-state index contributed by atoms with van der Waals surface area (Å²) in [5.41, 5.74) is 9.06. The van der Waals surface area contributed by atoms with Gasteiger partial charge in [0.15, 0.2) is 0 Å². The van der Waals surface area contributed by atoms with Crippen molar-refractivity contribution in [3.05, 3.63) is 94.0 Å². The average molecular weight is 372 g/mol. The van der Waals surface area contributed by atoms with Crippen LogP contribution in [0.2, 0.25) is 0 Å². The zero-order valence-electron chi connectivity index (χ0n) is 17.3. The van der Waals surface area contributed by atoms with Crippen LogP contribution in [0.15, 0.2) is 60.7 Å². The van der Waals surface area contributed by atoms with Crippen LogP contribution in [-0.2, 0) is 6.54 Å². The van der Waals surface area contributed by atoms with E-state index in [2.05, 4.69) is 93.7 Å². The molecule has 0 spiro atoms. The molecule has 1 aliphatic heterocycles. The van der Waals surface area contributed by atoms with E-state index in [9.17, 15) is 0 Å². The van der Waals surface area contributed by atoms with Crippen molar-refractivity contribution >= 4 is 5.69 Å². The van der Waals surface area contributed by atoms with E-state index in [1.807, 2.05) is 0 Å². The van der Waals surface area contributed by atoms with Gasteiger partial charge in [-0.3, -0.25) is 0 Å². The number of hydrogen-bond donors (Lipinski definition) is 1. The molecule has 3 aromatic carbocycles. The van der Waals surface area contributed by atoms with Crippen LogP contribution in [0.3, 0.4) is 0 Å². The first-order chi connectivity index (χ1) is 13.5. The van der Waals surface area contributed by atoms with Crippen molar-refractivity contribution in [1.29, 1.82) is 0 Å². The fraction of sp³-hybridized carbons (Fsp3) is 0.308. The van der Waals surface area contributed by atoms with Gasteiger partial charge < -0.3 is 10.1 Å². The van der Waals surface area contributed by atoms with E-state index in [0.29, 0.717) is 11.8 Å². The van der Waals surface area contributed by atoms with Crippen LogP contribution in [0.5, 0.6) is 5.75 Å².